The van der Waals surface area contributed by atoms with E-state index in [1.165, 1.54) is 58.5 Å². The summed E-state index contributed by atoms with van der Waals surface area (Å²) >= 11 is 0. The van der Waals surface area contributed by atoms with Gasteiger partial charge in [-0.3, -0.25) is 4.90 Å². The van der Waals surface area contributed by atoms with Crippen molar-refractivity contribution in [3.8, 4) is 0 Å². The fourth-order valence-electron chi connectivity index (χ4n) is 2.82. The molecule has 0 aromatic heterocycles. The Morgan fingerprint density at radius 3 is 2.29 bits per heavy atom. The van der Waals surface area contributed by atoms with Gasteiger partial charge in [-0.1, -0.05) is 0 Å². The Hall–Kier alpha value is -0.120. The van der Waals surface area contributed by atoms with Crippen LogP contribution < -0.4 is 0 Å². The molecule has 100 valence electrons. The van der Waals surface area contributed by atoms with Crippen LogP contribution in [0, 0.1) is 0 Å². The Morgan fingerprint density at radius 1 is 1.12 bits per heavy atom. The summed E-state index contributed by atoms with van der Waals surface area (Å²) < 4.78 is 0. The monoisotopic (exact) mass is 239 g/mol. The van der Waals surface area contributed by atoms with E-state index in [1.807, 2.05) is 0 Å². The molecule has 0 amide bonds. The summed E-state index contributed by atoms with van der Waals surface area (Å²) in [4.78, 5) is 7.77. The highest BCUT2D eigenvalue weighted by molar-refractivity contribution is 4.86. The zero-order valence-electron chi connectivity index (χ0n) is 11.9. The maximum absolute atomic E-state index is 2.70. The molecule has 0 unspecified atom stereocenters. The maximum atomic E-state index is 2.70. The van der Waals surface area contributed by atoms with E-state index in [-0.39, 0.29) is 0 Å². The molecule has 1 saturated heterocycles. The van der Waals surface area contributed by atoms with Crippen LogP contribution in [0.25, 0.3) is 0 Å². The molecule has 1 saturated carbocycles. The Balaban J connectivity index is 1.61. The van der Waals surface area contributed by atoms with Gasteiger partial charge in [-0.15, -0.1) is 0 Å². The van der Waals surface area contributed by atoms with E-state index < -0.39 is 0 Å². The molecule has 2 rings (SSSR count). The summed E-state index contributed by atoms with van der Waals surface area (Å²) in [5.74, 6) is 0. The minimum absolute atomic E-state index is 0.731. The van der Waals surface area contributed by atoms with E-state index in [2.05, 4.69) is 35.6 Å². The molecular weight excluding hydrogens is 210 g/mol. The summed E-state index contributed by atoms with van der Waals surface area (Å²) in [6, 6.07) is 1.65. The molecule has 0 aromatic rings. The Labute approximate surface area is 107 Å². The van der Waals surface area contributed by atoms with Crippen molar-refractivity contribution >= 4 is 0 Å². The second-order valence-electron chi connectivity index (χ2n) is 6.06. The van der Waals surface area contributed by atoms with Crippen LogP contribution in [0.1, 0.15) is 33.1 Å². The highest BCUT2D eigenvalue weighted by atomic mass is 15.2. The van der Waals surface area contributed by atoms with E-state index in [9.17, 15) is 0 Å². The van der Waals surface area contributed by atoms with Crippen molar-refractivity contribution in [1.29, 1.82) is 0 Å². The van der Waals surface area contributed by atoms with Crippen LogP contribution in [-0.2, 0) is 0 Å². The summed E-state index contributed by atoms with van der Waals surface area (Å²) in [6.45, 7) is 12.3. The second-order valence-corrected chi connectivity index (χ2v) is 6.06. The molecule has 0 bridgehead atoms. The SMILES string of the molecule is CC(C)N(CCCN1CCN(C)CC1)C1CC1. The van der Waals surface area contributed by atoms with Gasteiger partial charge in [0, 0.05) is 38.3 Å². The number of nitrogens with zero attached hydrogens (tertiary/aromatic N) is 3. The first-order chi connectivity index (χ1) is 8.16. The molecule has 3 nitrogen and oxygen atoms in total. The van der Waals surface area contributed by atoms with Crippen LogP contribution in [0.5, 0.6) is 0 Å². The van der Waals surface area contributed by atoms with Crippen LogP contribution in [0.2, 0.25) is 0 Å². The Bertz CT molecular complexity index is 216. The van der Waals surface area contributed by atoms with Crippen molar-refractivity contribution in [2.75, 3.05) is 46.3 Å². The second kappa shape index (κ2) is 6.17. The maximum Gasteiger partial charge on any atom is 0.0110 e. The lowest BCUT2D eigenvalue weighted by Gasteiger charge is -2.33. The molecule has 0 atom stereocenters. The minimum atomic E-state index is 0.731. The first kappa shape index (κ1) is 13.3. The standard InChI is InChI=1S/C14H29N3/c1-13(2)17(14-5-6-14)8-4-7-16-11-9-15(3)10-12-16/h13-14H,4-12H2,1-3H3. The van der Waals surface area contributed by atoms with Crippen molar-refractivity contribution in [2.24, 2.45) is 0 Å². The molecule has 17 heavy (non-hydrogen) atoms. The van der Waals surface area contributed by atoms with Gasteiger partial charge >= 0.3 is 0 Å². The third kappa shape index (κ3) is 4.23. The molecule has 0 radical (unpaired) electrons. The number of likely N-dealkylation sites (N-methyl/N-ethyl adjacent to an activating group) is 1. The normalized spacial score (nSPS) is 23.8. The van der Waals surface area contributed by atoms with Gasteiger partial charge in [0.25, 0.3) is 0 Å². The van der Waals surface area contributed by atoms with Gasteiger partial charge in [-0.2, -0.15) is 0 Å². The van der Waals surface area contributed by atoms with Gasteiger partial charge in [0.15, 0.2) is 0 Å². The molecular formula is C14H29N3. The van der Waals surface area contributed by atoms with Gasteiger partial charge < -0.3 is 9.80 Å². The summed E-state index contributed by atoms with van der Waals surface area (Å²) in [7, 11) is 2.23. The lowest BCUT2D eigenvalue weighted by Crippen LogP contribution is -2.45. The molecule has 1 heterocycles. The third-order valence-corrected chi connectivity index (χ3v) is 4.17. The number of hydrogen-bond acceptors (Lipinski definition) is 3. The number of piperazine rings is 1. The van der Waals surface area contributed by atoms with Gasteiger partial charge in [-0.05, 0) is 53.2 Å². The molecule has 1 aliphatic heterocycles. The average molecular weight is 239 g/mol. The van der Waals surface area contributed by atoms with E-state index in [0.29, 0.717) is 0 Å². The number of hydrogen-bond donors (Lipinski definition) is 0. The fraction of sp³-hybridized carbons (Fsp3) is 1.00. The first-order valence-corrected chi connectivity index (χ1v) is 7.33. The molecule has 0 aromatic carbocycles. The highest BCUT2D eigenvalue weighted by Crippen LogP contribution is 2.28. The quantitative estimate of drug-likeness (QED) is 0.695. The lowest BCUT2D eigenvalue weighted by molar-refractivity contribution is 0.139. The summed E-state index contributed by atoms with van der Waals surface area (Å²) in [5.41, 5.74) is 0. The summed E-state index contributed by atoms with van der Waals surface area (Å²) in [6.07, 6.45) is 4.22. The third-order valence-electron chi connectivity index (χ3n) is 4.17. The molecule has 3 heteroatoms. The van der Waals surface area contributed by atoms with E-state index in [4.69, 9.17) is 0 Å². The van der Waals surface area contributed by atoms with E-state index in [0.717, 1.165) is 12.1 Å². The molecule has 0 N–H and O–H groups in total. The predicted octanol–water partition coefficient (Wildman–Crippen LogP) is 1.50. The predicted molar refractivity (Wildman–Crippen MR) is 73.4 cm³/mol. The van der Waals surface area contributed by atoms with E-state index in [1.54, 1.807) is 0 Å². The van der Waals surface area contributed by atoms with Crippen LogP contribution in [0.15, 0.2) is 0 Å². The molecule has 1 aliphatic carbocycles. The first-order valence-electron chi connectivity index (χ1n) is 7.33. The highest BCUT2D eigenvalue weighted by Gasteiger charge is 2.30. The van der Waals surface area contributed by atoms with Crippen molar-refractivity contribution < 1.29 is 0 Å². The molecule has 2 fully saturated rings. The van der Waals surface area contributed by atoms with Gasteiger partial charge in [0.2, 0.25) is 0 Å². The fourth-order valence-corrected chi connectivity index (χ4v) is 2.82. The smallest absolute Gasteiger partial charge is 0.0110 e. The van der Waals surface area contributed by atoms with Crippen LogP contribution in [-0.4, -0.2) is 73.1 Å². The minimum Gasteiger partial charge on any atom is -0.304 e. The van der Waals surface area contributed by atoms with E-state index >= 15 is 0 Å². The Kier molecular flexibility index (Phi) is 4.83. The van der Waals surface area contributed by atoms with Crippen molar-refractivity contribution in [1.82, 2.24) is 14.7 Å². The van der Waals surface area contributed by atoms with Crippen molar-refractivity contribution in [2.45, 2.75) is 45.2 Å². The lowest BCUT2D eigenvalue weighted by atomic mass is 10.2. The average Bonchev–Trinajstić information content (AvgIpc) is 3.10. The van der Waals surface area contributed by atoms with Gasteiger partial charge in [0.1, 0.15) is 0 Å². The van der Waals surface area contributed by atoms with Gasteiger partial charge in [0.05, 0.1) is 0 Å². The zero-order chi connectivity index (χ0) is 12.3. The van der Waals surface area contributed by atoms with Crippen LogP contribution in [0.3, 0.4) is 0 Å². The molecule has 0 spiro atoms. The van der Waals surface area contributed by atoms with Crippen LogP contribution in [0.4, 0.5) is 0 Å². The topological polar surface area (TPSA) is 9.72 Å². The Morgan fingerprint density at radius 2 is 1.76 bits per heavy atom. The number of rotatable bonds is 6. The van der Waals surface area contributed by atoms with Crippen molar-refractivity contribution in [3.63, 3.8) is 0 Å². The largest absolute Gasteiger partial charge is 0.304 e. The summed E-state index contributed by atoms with van der Waals surface area (Å²) in [5, 5.41) is 0. The van der Waals surface area contributed by atoms with Crippen LogP contribution >= 0.6 is 0 Å². The molecule has 2 aliphatic rings. The van der Waals surface area contributed by atoms with Crippen molar-refractivity contribution in [3.05, 3.63) is 0 Å². The van der Waals surface area contributed by atoms with Gasteiger partial charge in [-0.25, -0.2) is 0 Å². The zero-order valence-corrected chi connectivity index (χ0v) is 11.9.